The van der Waals surface area contributed by atoms with Crippen molar-refractivity contribution >= 4 is 23.3 Å². The van der Waals surface area contributed by atoms with E-state index in [9.17, 15) is 9.59 Å². The first-order valence-electron chi connectivity index (χ1n) is 6.63. The number of carbonyl (C=O) groups is 2. The van der Waals surface area contributed by atoms with E-state index in [1.807, 2.05) is 0 Å². The topological polar surface area (TPSA) is 71.3 Å². The maximum Gasteiger partial charge on any atom is 0.365 e. The SMILES string of the molecule is C=CCC1=NN(CC=C)C(=O)C1=NOC(=O)c1ccccc1. The molecule has 2 rings (SSSR count). The molecule has 6 heteroatoms. The Balaban J connectivity index is 2.16. The average Bonchev–Trinajstić information content (AvgIpc) is 2.82. The Bertz CT molecular complexity index is 662. The van der Waals surface area contributed by atoms with Crippen molar-refractivity contribution in [2.75, 3.05) is 6.54 Å². The molecule has 1 aliphatic rings. The number of hydrazone groups is 1. The van der Waals surface area contributed by atoms with E-state index in [4.69, 9.17) is 4.84 Å². The summed E-state index contributed by atoms with van der Waals surface area (Å²) in [6.45, 7) is 7.42. The van der Waals surface area contributed by atoms with E-state index in [0.717, 1.165) is 0 Å². The lowest BCUT2D eigenvalue weighted by Crippen LogP contribution is -2.28. The monoisotopic (exact) mass is 297 g/mol. The van der Waals surface area contributed by atoms with Crippen LogP contribution < -0.4 is 0 Å². The van der Waals surface area contributed by atoms with Crippen molar-refractivity contribution in [3.8, 4) is 0 Å². The summed E-state index contributed by atoms with van der Waals surface area (Å²) < 4.78 is 0. The highest BCUT2D eigenvalue weighted by molar-refractivity contribution is 6.68. The smallest absolute Gasteiger partial charge is 0.312 e. The van der Waals surface area contributed by atoms with E-state index in [1.54, 1.807) is 42.5 Å². The largest absolute Gasteiger partial charge is 0.365 e. The fourth-order valence-electron chi connectivity index (χ4n) is 1.81. The fourth-order valence-corrected chi connectivity index (χ4v) is 1.81. The average molecular weight is 297 g/mol. The van der Waals surface area contributed by atoms with Crippen LogP contribution in [-0.2, 0) is 9.63 Å². The van der Waals surface area contributed by atoms with Gasteiger partial charge in [-0.25, -0.2) is 9.80 Å². The Morgan fingerprint density at radius 3 is 2.64 bits per heavy atom. The summed E-state index contributed by atoms with van der Waals surface area (Å²) in [5, 5.41) is 9.00. The third-order valence-corrected chi connectivity index (χ3v) is 2.82. The van der Waals surface area contributed by atoms with Gasteiger partial charge >= 0.3 is 5.97 Å². The second kappa shape index (κ2) is 7.12. The Labute approximate surface area is 128 Å². The van der Waals surface area contributed by atoms with Crippen LogP contribution in [0.3, 0.4) is 0 Å². The highest BCUT2D eigenvalue weighted by atomic mass is 16.7. The predicted octanol–water partition coefficient (Wildman–Crippen LogP) is 2.16. The molecule has 0 fully saturated rings. The van der Waals surface area contributed by atoms with Crippen LogP contribution in [0.4, 0.5) is 0 Å². The van der Waals surface area contributed by atoms with Crippen LogP contribution in [-0.4, -0.2) is 34.9 Å². The molecule has 0 saturated carbocycles. The number of amides is 1. The van der Waals surface area contributed by atoms with Crippen molar-refractivity contribution in [2.24, 2.45) is 10.3 Å². The van der Waals surface area contributed by atoms with Gasteiger partial charge in [-0.05, 0) is 12.1 Å². The van der Waals surface area contributed by atoms with E-state index in [0.29, 0.717) is 17.7 Å². The first-order chi connectivity index (χ1) is 10.7. The molecule has 1 aliphatic heterocycles. The number of rotatable bonds is 6. The lowest BCUT2D eigenvalue weighted by atomic mass is 10.2. The van der Waals surface area contributed by atoms with E-state index in [1.165, 1.54) is 5.01 Å². The summed E-state index contributed by atoms with van der Waals surface area (Å²) >= 11 is 0. The standard InChI is InChI=1S/C16H15N3O3/c1-3-8-13-14(15(20)19(17-13)11-4-2)18-22-16(21)12-9-6-5-7-10-12/h3-7,9-10H,1-2,8,11H2. The van der Waals surface area contributed by atoms with Gasteiger partial charge in [-0.2, -0.15) is 5.10 Å². The van der Waals surface area contributed by atoms with Gasteiger partial charge in [0.25, 0.3) is 5.91 Å². The lowest BCUT2D eigenvalue weighted by molar-refractivity contribution is -0.122. The maximum absolute atomic E-state index is 12.1. The molecule has 1 heterocycles. The van der Waals surface area contributed by atoms with Gasteiger partial charge in [0.1, 0.15) is 0 Å². The van der Waals surface area contributed by atoms with Crippen LogP contribution in [0.25, 0.3) is 0 Å². The summed E-state index contributed by atoms with van der Waals surface area (Å²) in [6, 6.07) is 8.40. The quantitative estimate of drug-likeness (QED) is 0.459. The normalized spacial score (nSPS) is 15.6. The van der Waals surface area contributed by atoms with Crippen molar-refractivity contribution in [2.45, 2.75) is 6.42 Å². The third-order valence-electron chi connectivity index (χ3n) is 2.82. The summed E-state index contributed by atoms with van der Waals surface area (Å²) in [6.07, 6.45) is 3.49. The minimum Gasteiger partial charge on any atom is -0.312 e. The molecular formula is C16H15N3O3. The molecule has 0 unspecified atom stereocenters. The van der Waals surface area contributed by atoms with Gasteiger partial charge in [-0.15, -0.1) is 13.2 Å². The van der Waals surface area contributed by atoms with Crippen LogP contribution >= 0.6 is 0 Å². The molecule has 0 bridgehead atoms. The number of allylic oxidation sites excluding steroid dienone is 1. The summed E-state index contributed by atoms with van der Waals surface area (Å²) in [7, 11) is 0. The zero-order valence-electron chi connectivity index (χ0n) is 11.9. The van der Waals surface area contributed by atoms with E-state index >= 15 is 0 Å². The van der Waals surface area contributed by atoms with Crippen molar-refractivity contribution in [3.63, 3.8) is 0 Å². The van der Waals surface area contributed by atoms with Crippen LogP contribution in [0.2, 0.25) is 0 Å². The molecule has 0 spiro atoms. The molecular weight excluding hydrogens is 282 g/mol. The minimum absolute atomic E-state index is 0.00558. The zero-order chi connectivity index (χ0) is 15.9. The second-order valence-electron chi connectivity index (χ2n) is 4.40. The molecule has 0 saturated heterocycles. The predicted molar refractivity (Wildman–Crippen MR) is 83.5 cm³/mol. The Morgan fingerprint density at radius 1 is 1.27 bits per heavy atom. The number of benzene rings is 1. The molecule has 1 aromatic rings. The van der Waals surface area contributed by atoms with Crippen molar-refractivity contribution in [3.05, 3.63) is 61.2 Å². The summed E-state index contributed by atoms with van der Waals surface area (Å²) in [5.74, 6) is -1.07. The van der Waals surface area contributed by atoms with Gasteiger partial charge in [0.2, 0.25) is 0 Å². The van der Waals surface area contributed by atoms with E-state index in [2.05, 4.69) is 23.4 Å². The molecule has 0 atom stereocenters. The van der Waals surface area contributed by atoms with Crippen LogP contribution in [0.5, 0.6) is 0 Å². The summed E-state index contributed by atoms with van der Waals surface area (Å²) in [4.78, 5) is 28.8. The van der Waals surface area contributed by atoms with E-state index in [-0.39, 0.29) is 12.3 Å². The zero-order valence-corrected chi connectivity index (χ0v) is 11.9. The Kier molecular flexibility index (Phi) is 4.98. The van der Waals surface area contributed by atoms with E-state index < -0.39 is 11.9 Å². The lowest BCUT2D eigenvalue weighted by Gasteiger charge is -2.06. The number of carbonyl (C=O) groups excluding carboxylic acids is 2. The van der Waals surface area contributed by atoms with Crippen molar-refractivity contribution in [1.29, 1.82) is 0 Å². The highest BCUT2D eigenvalue weighted by Gasteiger charge is 2.31. The fraction of sp³-hybridized carbons (Fsp3) is 0.125. The van der Waals surface area contributed by atoms with Gasteiger partial charge in [0, 0.05) is 6.42 Å². The second-order valence-corrected chi connectivity index (χ2v) is 4.40. The van der Waals surface area contributed by atoms with Crippen LogP contribution in [0, 0.1) is 0 Å². The number of hydrogen-bond donors (Lipinski definition) is 0. The van der Waals surface area contributed by atoms with Crippen molar-refractivity contribution < 1.29 is 14.4 Å². The molecule has 0 aliphatic carbocycles. The van der Waals surface area contributed by atoms with Gasteiger partial charge in [0.05, 0.1) is 17.8 Å². The highest BCUT2D eigenvalue weighted by Crippen LogP contribution is 2.11. The molecule has 0 N–H and O–H groups in total. The van der Waals surface area contributed by atoms with Crippen molar-refractivity contribution in [1.82, 2.24) is 5.01 Å². The summed E-state index contributed by atoms with van der Waals surface area (Å²) in [5.41, 5.74) is 0.760. The number of oxime groups is 1. The molecule has 22 heavy (non-hydrogen) atoms. The molecule has 1 aromatic carbocycles. The number of nitrogens with zero attached hydrogens (tertiary/aromatic N) is 3. The number of hydrogen-bond acceptors (Lipinski definition) is 5. The molecule has 6 nitrogen and oxygen atoms in total. The van der Waals surface area contributed by atoms with Gasteiger partial charge < -0.3 is 4.84 Å². The Hall–Kier alpha value is -3.02. The molecule has 112 valence electrons. The maximum atomic E-state index is 12.1. The third kappa shape index (κ3) is 3.35. The van der Waals surface area contributed by atoms with Gasteiger partial charge in [-0.3, -0.25) is 4.79 Å². The first kappa shape index (κ1) is 15.4. The molecule has 0 radical (unpaired) electrons. The Morgan fingerprint density at radius 2 is 2.00 bits per heavy atom. The molecule has 0 aromatic heterocycles. The molecule has 1 amide bonds. The minimum atomic E-state index is -0.638. The first-order valence-corrected chi connectivity index (χ1v) is 6.63. The van der Waals surface area contributed by atoms with Gasteiger partial charge in [0.15, 0.2) is 5.71 Å². The van der Waals surface area contributed by atoms with Gasteiger partial charge in [-0.1, -0.05) is 35.5 Å². The van der Waals surface area contributed by atoms with Crippen LogP contribution in [0.1, 0.15) is 16.8 Å². The van der Waals surface area contributed by atoms with Crippen LogP contribution in [0.15, 0.2) is 65.9 Å².